The van der Waals surface area contributed by atoms with Crippen molar-refractivity contribution >= 4 is 5.91 Å². The average Bonchev–Trinajstić information content (AvgIpc) is 2.28. The first kappa shape index (κ1) is 14.5. The smallest absolute Gasteiger partial charge is 0.236 e. The van der Waals surface area contributed by atoms with Gasteiger partial charge in [-0.25, -0.2) is 0 Å². The molecule has 0 saturated carbocycles. The minimum Gasteiger partial charge on any atom is -0.392 e. The molecule has 0 aliphatic carbocycles. The van der Waals surface area contributed by atoms with Crippen molar-refractivity contribution in [2.45, 2.75) is 45.6 Å². The molecule has 1 heterocycles. The summed E-state index contributed by atoms with van der Waals surface area (Å²) in [6.45, 7) is 7.96. The van der Waals surface area contributed by atoms with Crippen LogP contribution in [0.5, 0.6) is 0 Å². The van der Waals surface area contributed by atoms with Crippen LogP contribution in [0, 0.1) is 0 Å². The molecule has 1 atom stereocenters. The molecule has 0 radical (unpaired) electrons. The van der Waals surface area contributed by atoms with E-state index in [1.54, 1.807) is 0 Å². The zero-order valence-electron chi connectivity index (χ0n) is 11.2. The fourth-order valence-electron chi connectivity index (χ4n) is 2.37. The minimum atomic E-state index is -0.248. The first-order chi connectivity index (χ1) is 8.17. The molecule has 1 amide bonds. The van der Waals surface area contributed by atoms with E-state index in [4.69, 9.17) is 0 Å². The number of hydrogen-bond acceptors (Lipinski definition) is 3. The highest BCUT2D eigenvalue weighted by atomic mass is 16.3. The van der Waals surface area contributed by atoms with Gasteiger partial charge in [0.15, 0.2) is 0 Å². The van der Waals surface area contributed by atoms with E-state index in [1.807, 2.05) is 4.90 Å². The molecular formula is C13H26N2O2. The maximum absolute atomic E-state index is 12.1. The van der Waals surface area contributed by atoms with Gasteiger partial charge >= 0.3 is 0 Å². The lowest BCUT2D eigenvalue weighted by atomic mass is 10.1. The molecule has 0 bridgehead atoms. The number of aliphatic hydroxyl groups is 1. The van der Waals surface area contributed by atoms with Crippen LogP contribution in [0.2, 0.25) is 0 Å². The van der Waals surface area contributed by atoms with E-state index in [9.17, 15) is 9.90 Å². The highest BCUT2D eigenvalue weighted by Gasteiger charge is 2.21. The van der Waals surface area contributed by atoms with E-state index in [2.05, 4.69) is 18.7 Å². The molecule has 1 N–H and O–H groups in total. The number of carbonyl (C=O) groups excluding carboxylic acids is 1. The van der Waals surface area contributed by atoms with E-state index in [-0.39, 0.29) is 12.0 Å². The van der Waals surface area contributed by atoms with Gasteiger partial charge in [0.25, 0.3) is 0 Å². The van der Waals surface area contributed by atoms with Crippen LogP contribution in [0.15, 0.2) is 0 Å². The van der Waals surface area contributed by atoms with Crippen LogP contribution in [0.4, 0.5) is 0 Å². The van der Waals surface area contributed by atoms with Gasteiger partial charge in [0.1, 0.15) is 0 Å². The molecule has 1 aliphatic heterocycles. The lowest BCUT2D eigenvalue weighted by molar-refractivity contribution is -0.133. The summed E-state index contributed by atoms with van der Waals surface area (Å²) in [4.78, 5) is 16.1. The van der Waals surface area contributed by atoms with Gasteiger partial charge in [-0.15, -0.1) is 0 Å². The Hall–Kier alpha value is -0.610. The maximum Gasteiger partial charge on any atom is 0.236 e. The van der Waals surface area contributed by atoms with Crippen LogP contribution >= 0.6 is 0 Å². The number of amides is 1. The summed E-state index contributed by atoms with van der Waals surface area (Å²) in [5.74, 6) is 0.211. The molecule has 1 unspecified atom stereocenters. The molecule has 0 aromatic rings. The van der Waals surface area contributed by atoms with E-state index >= 15 is 0 Å². The summed E-state index contributed by atoms with van der Waals surface area (Å²) >= 11 is 0. The predicted molar refractivity (Wildman–Crippen MR) is 68.8 cm³/mol. The lowest BCUT2D eigenvalue weighted by Gasteiger charge is -2.31. The highest BCUT2D eigenvalue weighted by Crippen LogP contribution is 2.10. The second-order valence-corrected chi connectivity index (χ2v) is 4.91. The molecule has 1 aliphatic rings. The second-order valence-electron chi connectivity index (χ2n) is 4.91. The Morgan fingerprint density at radius 2 is 2.00 bits per heavy atom. The molecule has 4 heteroatoms. The van der Waals surface area contributed by atoms with Crippen molar-refractivity contribution in [1.82, 2.24) is 9.80 Å². The normalized spacial score (nSPS) is 21.5. The number of carbonyl (C=O) groups is 1. The van der Waals surface area contributed by atoms with Gasteiger partial charge in [0, 0.05) is 19.6 Å². The summed E-state index contributed by atoms with van der Waals surface area (Å²) in [5, 5.41) is 9.57. The van der Waals surface area contributed by atoms with Crippen molar-refractivity contribution in [3.8, 4) is 0 Å². The summed E-state index contributed by atoms with van der Waals surface area (Å²) < 4.78 is 0. The molecule has 100 valence electrons. The number of nitrogens with zero attached hydrogens (tertiary/aromatic N) is 2. The first-order valence-corrected chi connectivity index (χ1v) is 6.85. The van der Waals surface area contributed by atoms with E-state index < -0.39 is 0 Å². The number of aliphatic hydroxyl groups excluding tert-OH is 1. The van der Waals surface area contributed by atoms with Gasteiger partial charge < -0.3 is 10.0 Å². The summed E-state index contributed by atoms with van der Waals surface area (Å²) in [5.41, 5.74) is 0. The zero-order valence-corrected chi connectivity index (χ0v) is 11.2. The first-order valence-electron chi connectivity index (χ1n) is 6.85. The van der Waals surface area contributed by atoms with E-state index in [0.29, 0.717) is 13.1 Å². The monoisotopic (exact) mass is 242 g/mol. The van der Waals surface area contributed by atoms with Crippen LogP contribution in [0.1, 0.15) is 39.5 Å². The van der Waals surface area contributed by atoms with Crippen LogP contribution in [-0.2, 0) is 4.79 Å². The summed E-state index contributed by atoms with van der Waals surface area (Å²) in [7, 11) is 0. The SMILES string of the molecule is CCCN(CCC)C(=O)CN1CCCC(O)C1. The fraction of sp³-hybridized carbons (Fsp3) is 0.923. The largest absolute Gasteiger partial charge is 0.392 e. The number of hydrogen-bond donors (Lipinski definition) is 1. The third-order valence-electron chi connectivity index (χ3n) is 3.18. The van der Waals surface area contributed by atoms with Gasteiger partial charge in [-0.3, -0.25) is 9.69 Å². The molecule has 1 fully saturated rings. The average molecular weight is 242 g/mol. The molecule has 0 spiro atoms. The predicted octanol–water partition coefficient (Wildman–Crippen LogP) is 1.09. The Labute approximate surface area is 105 Å². The van der Waals surface area contributed by atoms with Crippen molar-refractivity contribution in [3.05, 3.63) is 0 Å². The summed E-state index contributed by atoms with van der Waals surface area (Å²) in [6, 6.07) is 0. The Bertz CT molecular complexity index is 227. The van der Waals surface area contributed by atoms with Crippen LogP contribution in [0.3, 0.4) is 0 Å². The Morgan fingerprint density at radius 1 is 1.35 bits per heavy atom. The van der Waals surface area contributed by atoms with Gasteiger partial charge in [-0.1, -0.05) is 13.8 Å². The van der Waals surface area contributed by atoms with Gasteiger partial charge in [0.05, 0.1) is 12.6 Å². The molecule has 4 nitrogen and oxygen atoms in total. The number of likely N-dealkylation sites (tertiary alicyclic amines) is 1. The van der Waals surface area contributed by atoms with Crippen molar-refractivity contribution in [2.75, 3.05) is 32.7 Å². The number of piperidine rings is 1. The standard InChI is InChI=1S/C13H26N2O2/c1-3-7-15(8-4-2)13(17)11-14-9-5-6-12(16)10-14/h12,16H,3-11H2,1-2H3. The molecule has 0 aromatic carbocycles. The third kappa shape index (κ3) is 5.04. The molecule has 17 heavy (non-hydrogen) atoms. The summed E-state index contributed by atoms with van der Waals surface area (Å²) in [6.07, 6.45) is 3.64. The molecule has 1 rings (SSSR count). The topological polar surface area (TPSA) is 43.8 Å². The van der Waals surface area contributed by atoms with Crippen molar-refractivity contribution in [3.63, 3.8) is 0 Å². The maximum atomic E-state index is 12.1. The zero-order chi connectivity index (χ0) is 12.7. The van der Waals surface area contributed by atoms with E-state index in [1.165, 1.54) is 0 Å². The van der Waals surface area contributed by atoms with Crippen LogP contribution < -0.4 is 0 Å². The Morgan fingerprint density at radius 3 is 2.53 bits per heavy atom. The van der Waals surface area contributed by atoms with Crippen LogP contribution in [0.25, 0.3) is 0 Å². The van der Waals surface area contributed by atoms with Crippen molar-refractivity contribution in [2.24, 2.45) is 0 Å². The highest BCUT2D eigenvalue weighted by molar-refractivity contribution is 5.78. The third-order valence-corrected chi connectivity index (χ3v) is 3.18. The van der Waals surface area contributed by atoms with Gasteiger partial charge in [0.2, 0.25) is 5.91 Å². The Balaban J connectivity index is 2.39. The number of rotatable bonds is 6. The van der Waals surface area contributed by atoms with Crippen molar-refractivity contribution < 1.29 is 9.90 Å². The molecule has 1 saturated heterocycles. The molecular weight excluding hydrogens is 216 g/mol. The van der Waals surface area contributed by atoms with Crippen LogP contribution in [-0.4, -0.2) is 59.6 Å². The number of β-amino-alcohol motifs (C(OH)–C–C–N with tert-alkyl or cyclic N) is 1. The minimum absolute atomic E-state index is 0.211. The van der Waals surface area contributed by atoms with E-state index in [0.717, 1.165) is 45.3 Å². The van der Waals surface area contributed by atoms with Crippen molar-refractivity contribution in [1.29, 1.82) is 0 Å². The fourth-order valence-corrected chi connectivity index (χ4v) is 2.37. The van der Waals surface area contributed by atoms with Gasteiger partial charge in [-0.2, -0.15) is 0 Å². The Kier molecular flexibility index (Phi) is 6.52. The molecule has 0 aromatic heterocycles. The quantitative estimate of drug-likeness (QED) is 0.758. The lowest BCUT2D eigenvalue weighted by Crippen LogP contribution is -2.46. The second kappa shape index (κ2) is 7.67. The van der Waals surface area contributed by atoms with Gasteiger partial charge in [-0.05, 0) is 32.2 Å².